The minimum Gasteiger partial charge on any atom is -0.497 e. The highest BCUT2D eigenvalue weighted by Crippen LogP contribution is 2.28. The van der Waals surface area contributed by atoms with Crippen LogP contribution < -0.4 is 10.1 Å². The summed E-state index contributed by atoms with van der Waals surface area (Å²) in [6, 6.07) is 16.1. The van der Waals surface area contributed by atoms with Gasteiger partial charge in [0.15, 0.2) is 0 Å². The Kier molecular flexibility index (Phi) is 6.28. The van der Waals surface area contributed by atoms with Gasteiger partial charge in [0, 0.05) is 24.3 Å². The first-order chi connectivity index (χ1) is 15.7. The van der Waals surface area contributed by atoms with Gasteiger partial charge in [-0.2, -0.15) is 4.31 Å². The van der Waals surface area contributed by atoms with Crippen LogP contribution in [0.15, 0.2) is 59.5 Å². The third-order valence-corrected chi connectivity index (χ3v) is 7.90. The molecule has 1 aliphatic rings. The summed E-state index contributed by atoms with van der Waals surface area (Å²) in [4.78, 5) is 13.2. The smallest absolute Gasteiger partial charge is 0.256 e. The molecule has 0 atom stereocenters. The zero-order chi connectivity index (χ0) is 23.8. The first-order valence-corrected chi connectivity index (χ1v) is 12.3. The standard InChI is InChI=1S/C26H28N2O4S/c1-17-13-18(2)25(19(3)14-17)26(29)27-22-6-5-20-11-12-28(16-21(20)15-22)33(30,31)24-9-7-23(32-4)8-10-24/h5-10,13-15H,11-12,16H2,1-4H3,(H,27,29). The SMILES string of the molecule is COc1ccc(S(=O)(=O)N2CCc3ccc(NC(=O)c4c(C)cc(C)cc4C)cc3C2)cc1. The third-order valence-electron chi connectivity index (χ3n) is 6.04. The molecule has 7 heteroatoms. The molecule has 0 spiro atoms. The molecule has 0 radical (unpaired) electrons. The van der Waals surface area contributed by atoms with Gasteiger partial charge in [-0.15, -0.1) is 0 Å². The van der Waals surface area contributed by atoms with Crippen molar-refractivity contribution in [2.24, 2.45) is 0 Å². The topological polar surface area (TPSA) is 75.7 Å². The maximum absolute atomic E-state index is 13.2. The predicted molar refractivity (Wildman–Crippen MR) is 129 cm³/mol. The Bertz CT molecular complexity index is 1290. The van der Waals surface area contributed by atoms with E-state index >= 15 is 0 Å². The summed E-state index contributed by atoms with van der Waals surface area (Å²) < 4.78 is 32.9. The van der Waals surface area contributed by atoms with Gasteiger partial charge in [0.1, 0.15) is 5.75 Å². The van der Waals surface area contributed by atoms with E-state index in [9.17, 15) is 13.2 Å². The molecule has 1 amide bonds. The van der Waals surface area contributed by atoms with E-state index in [1.807, 2.05) is 51.1 Å². The summed E-state index contributed by atoms with van der Waals surface area (Å²) in [6.45, 7) is 6.55. The van der Waals surface area contributed by atoms with E-state index in [-0.39, 0.29) is 17.3 Å². The van der Waals surface area contributed by atoms with Crippen LogP contribution >= 0.6 is 0 Å². The number of hydrogen-bond acceptors (Lipinski definition) is 4. The van der Waals surface area contributed by atoms with Crippen molar-refractivity contribution in [2.45, 2.75) is 38.6 Å². The second kappa shape index (κ2) is 9.00. The van der Waals surface area contributed by atoms with E-state index in [1.54, 1.807) is 31.4 Å². The van der Waals surface area contributed by atoms with E-state index in [0.717, 1.165) is 27.8 Å². The molecule has 3 aromatic rings. The molecule has 0 bridgehead atoms. The molecule has 4 rings (SSSR count). The van der Waals surface area contributed by atoms with Gasteiger partial charge < -0.3 is 10.1 Å². The molecule has 0 unspecified atom stereocenters. The number of nitrogens with one attached hydrogen (secondary N) is 1. The number of anilines is 1. The second-order valence-corrected chi connectivity index (χ2v) is 10.4. The number of hydrogen-bond donors (Lipinski definition) is 1. The monoisotopic (exact) mass is 464 g/mol. The summed E-state index contributed by atoms with van der Waals surface area (Å²) in [5.74, 6) is 0.445. The Morgan fingerprint density at radius 1 is 0.939 bits per heavy atom. The minimum absolute atomic E-state index is 0.163. The summed E-state index contributed by atoms with van der Waals surface area (Å²) in [5.41, 5.74) is 6.29. The molecular formula is C26H28N2O4S. The largest absolute Gasteiger partial charge is 0.497 e. The summed E-state index contributed by atoms with van der Waals surface area (Å²) in [6.07, 6.45) is 0.620. The molecule has 0 aliphatic carbocycles. The van der Waals surface area contributed by atoms with Crippen molar-refractivity contribution in [3.63, 3.8) is 0 Å². The number of ether oxygens (including phenoxy) is 1. The van der Waals surface area contributed by atoms with Crippen molar-refractivity contribution in [3.8, 4) is 5.75 Å². The lowest BCUT2D eigenvalue weighted by Crippen LogP contribution is -2.36. The maximum atomic E-state index is 13.2. The summed E-state index contributed by atoms with van der Waals surface area (Å²) >= 11 is 0. The Morgan fingerprint density at radius 3 is 2.24 bits per heavy atom. The van der Waals surface area contributed by atoms with Crippen LogP contribution in [-0.2, 0) is 23.0 Å². The molecule has 3 aromatic carbocycles. The maximum Gasteiger partial charge on any atom is 0.256 e. The number of methoxy groups -OCH3 is 1. The number of rotatable bonds is 5. The zero-order valence-electron chi connectivity index (χ0n) is 19.3. The van der Waals surface area contributed by atoms with Crippen LogP contribution in [0, 0.1) is 20.8 Å². The number of nitrogens with zero attached hydrogens (tertiary/aromatic N) is 1. The van der Waals surface area contributed by atoms with Crippen LogP contribution in [0.5, 0.6) is 5.75 Å². The van der Waals surface area contributed by atoms with Crippen LogP contribution in [-0.4, -0.2) is 32.3 Å². The first kappa shape index (κ1) is 23.0. The molecule has 1 N–H and O–H groups in total. The number of aryl methyl sites for hydroxylation is 3. The van der Waals surface area contributed by atoms with Gasteiger partial charge in [-0.3, -0.25) is 4.79 Å². The fourth-order valence-electron chi connectivity index (χ4n) is 4.44. The second-order valence-electron chi connectivity index (χ2n) is 8.48. The molecule has 0 saturated heterocycles. The Balaban J connectivity index is 1.56. The average Bonchev–Trinajstić information content (AvgIpc) is 2.78. The fraction of sp³-hybridized carbons (Fsp3) is 0.269. The van der Waals surface area contributed by atoms with Crippen molar-refractivity contribution < 1.29 is 17.9 Å². The van der Waals surface area contributed by atoms with Gasteiger partial charge in [0.2, 0.25) is 10.0 Å². The van der Waals surface area contributed by atoms with Crippen molar-refractivity contribution >= 4 is 21.6 Å². The molecule has 0 aromatic heterocycles. The quantitative estimate of drug-likeness (QED) is 0.598. The van der Waals surface area contributed by atoms with Gasteiger partial charge in [-0.1, -0.05) is 23.8 Å². The molecule has 1 aliphatic heterocycles. The molecule has 0 saturated carbocycles. The number of carbonyl (C=O) groups is 1. The fourth-order valence-corrected chi connectivity index (χ4v) is 5.86. The van der Waals surface area contributed by atoms with Gasteiger partial charge in [-0.05, 0) is 85.8 Å². The average molecular weight is 465 g/mol. The molecule has 172 valence electrons. The number of benzene rings is 3. The van der Waals surface area contributed by atoms with Crippen LogP contribution in [0.2, 0.25) is 0 Å². The molecular weight excluding hydrogens is 436 g/mol. The lowest BCUT2D eigenvalue weighted by atomic mass is 9.98. The molecule has 0 fully saturated rings. The van der Waals surface area contributed by atoms with E-state index in [0.29, 0.717) is 30.0 Å². The van der Waals surface area contributed by atoms with E-state index in [4.69, 9.17) is 4.74 Å². The Labute approximate surface area is 195 Å². The van der Waals surface area contributed by atoms with Gasteiger partial charge in [-0.25, -0.2) is 8.42 Å². The van der Waals surface area contributed by atoms with E-state index in [2.05, 4.69) is 5.32 Å². The van der Waals surface area contributed by atoms with Gasteiger partial charge in [0.05, 0.1) is 12.0 Å². The van der Waals surface area contributed by atoms with Gasteiger partial charge >= 0.3 is 0 Å². The van der Waals surface area contributed by atoms with Crippen LogP contribution in [0.3, 0.4) is 0 Å². The van der Waals surface area contributed by atoms with E-state index in [1.165, 1.54) is 4.31 Å². The molecule has 1 heterocycles. The lowest BCUT2D eigenvalue weighted by molar-refractivity contribution is 0.102. The first-order valence-electron chi connectivity index (χ1n) is 10.8. The van der Waals surface area contributed by atoms with Gasteiger partial charge in [0.25, 0.3) is 5.91 Å². The molecule has 33 heavy (non-hydrogen) atoms. The highest BCUT2D eigenvalue weighted by molar-refractivity contribution is 7.89. The lowest BCUT2D eigenvalue weighted by Gasteiger charge is -2.28. The zero-order valence-corrected chi connectivity index (χ0v) is 20.1. The summed E-state index contributed by atoms with van der Waals surface area (Å²) in [5, 5.41) is 2.99. The summed E-state index contributed by atoms with van der Waals surface area (Å²) in [7, 11) is -2.09. The van der Waals surface area contributed by atoms with Crippen molar-refractivity contribution in [3.05, 3.63) is 88.0 Å². The Morgan fingerprint density at radius 2 is 1.61 bits per heavy atom. The number of fused-ring (bicyclic) bond motifs is 1. The van der Waals surface area contributed by atoms with Crippen LogP contribution in [0.4, 0.5) is 5.69 Å². The third kappa shape index (κ3) is 4.65. The minimum atomic E-state index is -3.63. The number of carbonyl (C=O) groups excluding carboxylic acids is 1. The highest BCUT2D eigenvalue weighted by atomic mass is 32.2. The van der Waals surface area contributed by atoms with Crippen molar-refractivity contribution in [1.82, 2.24) is 4.31 Å². The Hall–Kier alpha value is -3.16. The van der Waals surface area contributed by atoms with Crippen molar-refractivity contribution in [2.75, 3.05) is 19.0 Å². The number of amides is 1. The van der Waals surface area contributed by atoms with E-state index < -0.39 is 10.0 Å². The van der Waals surface area contributed by atoms with Crippen molar-refractivity contribution in [1.29, 1.82) is 0 Å². The highest BCUT2D eigenvalue weighted by Gasteiger charge is 2.28. The van der Waals surface area contributed by atoms with Crippen LogP contribution in [0.1, 0.15) is 38.2 Å². The number of sulfonamides is 1. The van der Waals surface area contributed by atoms with Crippen LogP contribution in [0.25, 0.3) is 0 Å². The normalized spacial score (nSPS) is 13.9. The predicted octanol–water partition coefficient (Wildman–Crippen LogP) is 4.62. The molecule has 6 nitrogen and oxygen atoms in total.